The number of benzene rings is 1. The van der Waals surface area contributed by atoms with E-state index in [1.54, 1.807) is 36.3 Å². The van der Waals surface area contributed by atoms with Gasteiger partial charge in [-0.05, 0) is 12.1 Å². The number of methoxy groups -OCH3 is 1. The molecule has 0 amide bonds. The second-order valence-corrected chi connectivity index (χ2v) is 3.91. The molecule has 0 aliphatic rings. The lowest BCUT2D eigenvalue weighted by molar-refractivity contribution is 0.413. The molecule has 0 saturated carbocycles. The Morgan fingerprint density at radius 3 is 3.11 bits per heavy atom. The molecule has 0 bridgehead atoms. The summed E-state index contributed by atoms with van der Waals surface area (Å²) in [6.45, 7) is 0.456. The van der Waals surface area contributed by atoms with E-state index in [1.165, 1.54) is 0 Å². The van der Waals surface area contributed by atoms with Crippen molar-refractivity contribution in [1.82, 2.24) is 14.8 Å². The molecular weight excluding hydrogens is 232 g/mol. The predicted molar refractivity (Wildman–Crippen MR) is 66.3 cm³/mol. The van der Waals surface area contributed by atoms with Crippen LogP contribution in [0, 0.1) is 0 Å². The predicted octanol–water partition coefficient (Wildman–Crippen LogP) is 1.66. The molecule has 92 valence electrons. The number of nitrogens with two attached hydrogens (primary N) is 1. The first kappa shape index (κ1) is 10.6. The number of oxazole rings is 1. The minimum atomic E-state index is 0.456. The Morgan fingerprint density at radius 2 is 2.33 bits per heavy atom. The van der Waals surface area contributed by atoms with Crippen LogP contribution in [0.1, 0.15) is 5.89 Å². The fraction of sp³-hybridized carbons (Fsp3) is 0.167. The van der Waals surface area contributed by atoms with Gasteiger partial charge in [0.05, 0.1) is 19.5 Å². The van der Waals surface area contributed by atoms with Gasteiger partial charge in [0.2, 0.25) is 5.89 Å². The lowest BCUT2D eigenvalue weighted by Gasteiger charge is -1.95. The van der Waals surface area contributed by atoms with Gasteiger partial charge < -0.3 is 14.9 Å². The molecule has 0 aliphatic heterocycles. The number of nitrogens with zero attached hydrogens (tertiary/aromatic N) is 3. The van der Waals surface area contributed by atoms with Gasteiger partial charge in [0.25, 0.3) is 0 Å². The number of hydrogen-bond donors (Lipinski definition) is 1. The number of rotatable bonds is 3. The Balaban J connectivity index is 1.90. The molecule has 2 aromatic heterocycles. The molecule has 2 N–H and O–H groups in total. The van der Waals surface area contributed by atoms with Crippen LogP contribution >= 0.6 is 0 Å². The molecule has 0 saturated heterocycles. The van der Waals surface area contributed by atoms with Crippen LogP contribution in [0.2, 0.25) is 0 Å². The summed E-state index contributed by atoms with van der Waals surface area (Å²) in [5.74, 6) is 1.29. The largest absolute Gasteiger partial charge is 0.493 e. The van der Waals surface area contributed by atoms with Crippen LogP contribution in [-0.2, 0) is 6.54 Å². The second-order valence-electron chi connectivity index (χ2n) is 3.91. The highest BCUT2D eigenvalue weighted by atomic mass is 16.5. The van der Waals surface area contributed by atoms with Gasteiger partial charge in [-0.2, -0.15) is 5.10 Å². The van der Waals surface area contributed by atoms with Crippen LogP contribution in [0.25, 0.3) is 11.1 Å². The average molecular weight is 244 g/mol. The molecule has 6 heteroatoms. The Kier molecular flexibility index (Phi) is 2.40. The van der Waals surface area contributed by atoms with Gasteiger partial charge in [0.1, 0.15) is 12.1 Å². The van der Waals surface area contributed by atoms with Crippen molar-refractivity contribution in [2.24, 2.45) is 0 Å². The molecule has 3 aromatic rings. The summed E-state index contributed by atoms with van der Waals surface area (Å²) < 4.78 is 12.4. The Morgan fingerprint density at radius 1 is 1.44 bits per heavy atom. The molecular formula is C12H12N4O2. The van der Waals surface area contributed by atoms with Gasteiger partial charge in [-0.3, -0.25) is 4.68 Å². The van der Waals surface area contributed by atoms with Crippen LogP contribution in [0.15, 0.2) is 35.0 Å². The standard InChI is InChI=1S/C12H12N4O2/c1-17-9-5-14-16(6-9)7-12-15-10-3-2-8(13)4-11(10)18-12/h2-6H,7,13H2,1H3. The molecule has 0 unspecified atom stereocenters. The van der Waals surface area contributed by atoms with E-state index >= 15 is 0 Å². The Hall–Kier alpha value is -2.50. The summed E-state index contributed by atoms with van der Waals surface area (Å²) in [6.07, 6.45) is 3.42. The fourth-order valence-corrected chi connectivity index (χ4v) is 1.73. The van der Waals surface area contributed by atoms with Gasteiger partial charge in [-0.25, -0.2) is 4.98 Å². The van der Waals surface area contributed by atoms with E-state index in [2.05, 4.69) is 10.1 Å². The molecule has 1 aromatic carbocycles. The van der Waals surface area contributed by atoms with E-state index < -0.39 is 0 Å². The maximum Gasteiger partial charge on any atom is 0.217 e. The van der Waals surface area contributed by atoms with Crippen molar-refractivity contribution in [3.63, 3.8) is 0 Å². The summed E-state index contributed by atoms with van der Waals surface area (Å²) in [7, 11) is 1.60. The third kappa shape index (κ3) is 1.88. The number of nitrogen functional groups attached to an aromatic ring is 1. The Bertz CT molecular complexity index is 686. The van der Waals surface area contributed by atoms with Gasteiger partial charge in [-0.15, -0.1) is 0 Å². The first-order chi connectivity index (χ1) is 8.74. The topological polar surface area (TPSA) is 79.1 Å². The van der Waals surface area contributed by atoms with Crippen molar-refractivity contribution in [3.8, 4) is 5.75 Å². The van der Waals surface area contributed by atoms with Crippen LogP contribution in [0.5, 0.6) is 5.75 Å². The second kappa shape index (κ2) is 4.06. The summed E-state index contributed by atoms with van der Waals surface area (Å²) in [5.41, 5.74) is 7.82. The first-order valence-corrected chi connectivity index (χ1v) is 5.46. The lowest BCUT2D eigenvalue weighted by Crippen LogP contribution is -1.99. The highest BCUT2D eigenvalue weighted by Crippen LogP contribution is 2.19. The van der Waals surface area contributed by atoms with Crippen molar-refractivity contribution >= 4 is 16.8 Å². The average Bonchev–Trinajstić information content (AvgIpc) is 2.95. The van der Waals surface area contributed by atoms with Crippen molar-refractivity contribution in [1.29, 1.82) is 0 Å². The zero-order chi connectivity index (χ0) is 12.5. The third-order valence-electron chi connectivity index (χ3n) is 2.60. The minimum Gasteiger partial charge on any atom is -0.493 e. The zero-order valence-electron chi connectivity index (χ0n) is 9.83. The van der Waals surface area contributed by atoms with Crippen molar-refractivity contribution in [2.75, 3.05) is 12.8 Å². The van der Waals surface area contributed by atoms with E-state index in [4.69, 9.17) is 14.9 Å². The van der Waals surface area contributed by atoms with Crippen LogP contribution < -0.4 is 10.5 Å². The summed E-state index contributed by atoms with van der Waals surface area (Å²) in [6, 6.07) is 5.39. The fourth-order valence-electron chi connectivity index (χ4n) is 1.73. The summed E-state index contributed by atoms with van der Waals surface area (Å²) in [5, 5.41) is 4.14. The van der Waals surface area contributed by atoms with E-state index in [0.29, 0.717) is 29.5 Å². The zero-order valence-corrected chi connectivity index (χ0v) is 9.83. The van der Waals surface area contributed by atoms with E-state index in [0.717, 1.165) is 5.52 Å². The smallest absolute Gasteiger partial charge is 0.217 e. The number of hydrogen-bond acceptors (Lipinski definition) is 5. The Labute approximate surface area is 103 Å². The quantitative estimate of drug-likeness (QED) is 0.709. The van der Waals surface area contributed by atoms with Crippen molar-refractivity contribution < 1.29 is 9.15 Å². The number of aromatic nitrogens is 3. The van der Waals surface area contributed by atoms with Gasteiger partial charge >= 0.3 is 0 Å². The molecule has 0 atom stereocenters. The normalized spacial score (nSPS) is 10.9. The SMILES string of the molecule is COc1cnn(Cc2nc3ccc(N)cc3o2)c1. The number of anilines is 1. The molecule has 0 aliphatic carbocycles. The molecule has 18 heavy (non-hydrogen) atoms. The van der Waals surface area contributed by atoms with E-state index in [9.17, 15) is 0 Å². The van der Waals surface area contributed by atoms with E-state index in [-0.39, 0.29) is 0 Å². The van der Waals surface area contributed by atoms with Crippen LogP contribution in [0.3, 0.4) is 0 Å². The first-order valence-electron chi connectivity index (χ1n) is 5.46. The molecule has 2 heterocycles. The molecule has 0 spiro atoms. The number of ether oxygens (including phenoxy) is 1. The third-order valence-corrected chi connectivity index (χ3v) is 2.60. The molecule has 0 fully saturated rings. The van der Waals surface area contributed by atoms with Crippen LogP contribution in [0.4, 0.5) is 5.69 Å². The minimum absolute atomic E-state index is 0.456. The molecule has 6 nitrogen and oxygen atoms in total. The van der Waals surface area contributed by atoms with Gasteiger partial charge in [-0.1, -0.05) is 0 Å². The lowest BCUT2D eigenvalue weighted by atomic mass is 10.3. The van der Waals surface area contributed by atoms with Crippen LogP contribution in [-0.4, -0.2) is 21.9 Å². The van der Waals surface area contributed by atoms with Crippen molar-refractivity contribution in [2.45, 2.75) is 6.54 Å². The molecule has 0 radical (unpaired) electrons. The highest BCUT2D eigenvalue weighted by Gasteiger charge is 2.07. The van der Waals surface area contributed by atoms with E-state index in [1.807, 2.05) is 6.07 Å². The maximum atomic E-state index is 5.69. The number of fused-ring (bicyclic) bond motifs is 1. The van der Waals surface area contributed by atoms with Gasteiger partial charge in [0.15, 0.2) is 11.3 Å². The summed E-state index contributed by atoms with van der Waals surface area (Å²) >= 11 is 0. The van der Waals surface area contributed by atoms with Crippen molar-refractivity contribution in [3.05, 3.63) is 36.5 Å². The maximum absolute atomic E-state index is 5.69. The summed E-state index contributed by atoms with van der Waals surface area (Å²) in [4.78, 5) is 4.36. The van der Waals surface area contributed by atoms with Gasteiger partial charge in [0, 0.05) is 11.8 Å². The molecule has 3 rings (SSSR count). The highest BCUT2D eigenvalue weighted by molar-refractivity contribution is 5.76. The monoisotopic (exact) mass is 244 g/mol.